The van der Waals surface area contributed by atoms with E-state index < -0.39 is 0 Å². The van der Waals surface area contributed by atoms with Crippen molar-refractivity contribution in [3.63, 3.8) is 0 Å². The second-order valence-electron chi connectivity index (χ2n) is 5.70. The fraction of sp³-hybridized carbons (Fsp3) is 0.846. The average molecular weight is 209 g/mol. The van der Waals surface area contributed by atoms with E-state index in [4.69, 9.17) is 4.84 Å². The first kappa shape index (κ1) is 11.2. The predicted octanol–water partition coefficient (Wildman–Crippen LogP) is 3.15. The lowest BCUT2D eigenvalue weighted by molar-refractivity contribution is -0.187. The third kappa shape index (κ3) is 1.98. The quantitative estimate of drug-likeness (QED) is 0.648. The number of nitrogens with zero attached hydrogens (tertiary/aromatic N) is 1. The lowest BCUT2D eigenvalue weighted by atomic mass is 9.84. The van der Waals surface area contributed by atoms with Crippen molar-refractivity contribution in [2.45, 2.75) is 58.6 Å². The zero-order valence-corrected chi connectivity index (χ0v) is 10.4. The van der Waals surface area contributed by atoms with E-state index in [9.17, 15) is 0 Å². The molecular weight excluding hydrogens is 186 g/mol. The number of rotatable bonds is 2. The normalized spacial score (nSPS) is 30.5. The van der Waals surface area contributed by atoms with Gasteiger partial charge in [-0.2, -0.15) is 5.06 Å². The van der Waals surface area contributed by atoms with Crippen LogP contribution in [0, 0.1) is 5.92 Å². The fourth-order valence-corrected chi connectivity index (χ4v) is 2.63. The molecule has 0 aromatic rings. The molecule has 1 aliphatic carbocycles. The molecular formula is C13H23NO. The first-order valence-electron chi connectivity index (χ1n) is 6.16. The summed E-state index contributed by atoms with van der Waals surface area (Å²) in [5.74, 6) is 0.657. The summed E-state index contributed by atoms with van der Waals surface area (Å²) in [6.45, 7) is 10.1. The molecule has 2 heteroatoms. The van der Waals surface area contributed by atoms with Crippen LogP contribution in [0.3, 0.4) is 0 Å². The van der Waals surface area contributed by atoms with E-state index in [0.29, 0.717) is 12.0 Å². The molecule has 2 aliphatic rings. The van der Waals surface area contributed by atoms with Crippen LogP contribution < -0.4 is 0 Å². The van der Waals surface area contributed by atoms with Gasteiger partial charge in [-0.1, -0.05) is 19.9 Å². The van der Waals surface area contributed by atoms with Crippen LogP contribution in [-0.4, -0.2) is 23.3 Å². The van der Waals surface area contributed by atoms with Crippen molar-refractivity contribution >= 4 is 0 Å². The molecule has 0 radical (unpaired) electrons. The van der Waals surface area contributed by atoms with Gasteiger partial charge in [0.1, 0.15) is 6.10 Å². The van der Waals surface area contributed by atoms with Gasteiger partial charge in [-0.15, -0.1) is 0 Å². The molecule has 1 atom stereocenters. The molecule has 0 aromatic heterocycles. The van der Waals surface area contributed by atoms with Crippen molar-refractivity contribution in [3.8, 4) is 0 Å². The Bertz CT molecular complexity index is 268. The molecule has 0 saturated carbocycles. The highest BCUT2D eigenvalue weighted by molar-refractivity contribution is 5.26. The predicted molar refractivity (Wildman–Crippen MR) is 62.4 cm³/mol. The van der Waals surface area contributed by atoms with Crippen molar-refractivity contribution in [1.29, 1.82) is 0 Å². The monoisotopic (exact) mass is 209 g/mol. The van der Waals surface area contributed by atoms with Crippen molar-refractivity contribution in [3.05, 3.63) is 11.6 Å². The van der Waals surface area contributed by atoms with E-state index in [0.717, 1.165) is 6.54 Å². The molecule has 0 unspecified atom stereocenters. The van der Waals surface area contributed by atoms with Crippen molar-refractivity contribution in [2.75, 3.05) is 6.54 Å². The smallest absolute Gasteiger partial charge is 0.102 e. The zero-order chi connectivity index (χ0) is 11.1. The molecule has 0 amide bonds. The summed E-state index contributed by atoms with van der Waals surface area (Å²) in [6, 6.07) is 0. The van der Waals surface area contributed by atoms with Crippen LogP contribution in [0.15, 0.2) is 11.6 Å². The Morgan fingerprint density at radius 3 is 2.87 bits per heavy atom. The fourth-order valence-electron chi connectivity index (χ4n) is 2.63. The van der Waals surface area contributed by atoms with E-state index in [2.05, 4.69) is 38.8 Å². The minimum atomic E-state index is 0.107. The molecule has 0 N–H and O–H groups in total. The topological polar surface area (TPSA) is 12.5 Å². The van der Waals surface area contributed by atoms with Crippen molar-refractivity contribution < 1.29 is 4.84 Å². The maximum Gasteiger partial charge on any atom is 0.102 e. The Kier molecular flexibility index (Phi) is 2.91. The van der Waals surface area contributed by atoms with Crippen LogP contribution in [0.25, 0.3) is 0 Å². The summed E-state index contributed by atoms with van der Waals surface area (Å²) in [4.78, 5) is 6.06. The summed E-state index contributed by atoms with van der Waals surface area (Å²) >= 11 is 0. The number of hydrogen-bond donors (Lipinski definition) is 0. The third-order valence-corrected chi connectivity index (χ3v) is 3.50. The molecule has 86 valence electrons. The van der Waals surface area contributed by atoms with Crippen LogP contribution in [0.2, 0.25) is 0 Å². The molecule has 1 fully saturated rings. The minimum absolute atomic E-state index is 0.107. The van der Waals surface area contributed by atoms with Crippen LogP contribution in [0.1, 0.15) is 47.0 Å². The van der Waals surface area contributed by atoms with Gasteiger partial charge >= 0.3 is 0 Å². The van der Waals surface area contributed by atoms with Crippen LogP contribution in [0.4, 0.5) is 0 Å². The Morgan fingerprint density at radius 2 is 2.27 bits per heavy atom. The summed E-state index contributed by atoms with van der Waals surface area (Å²) in [6.07, 6.45) is 6.47. The molecule has 1 saturated heterocycles. The van der Waals surface area contributed by atoms with Gasteiger partial charge in [0, 0.05) is 6.54 Å². The average Bonchev–Trinajstić information content (AvgIpc) is 2.39. The molecule has 0 bridgehead atoms. The SMILES string of the molecule is CC(C)CN1O[C@H]2CCCC=C2C1(C)C. The van der Waals surface area contributed by atoms with E-state index in [1.807, 2.05) is 0 Å². The molecule has 1 aliphatic heterocycles. The van der Waals surface area contributed by atoms with E-state index in [-0.39, 0.29) is 5.54 Å². The summed E-state index contributed by atoms with van der Waals surface area (Å²) in [7, 11) is 0. The highest BCUT2D eigenvalue weighted by atomic mass is 16.7. The van der Waals surface area contributed by atoms with Gasteiger partial charge in [-0.05, 0) is 44.6 Å². The Balaban J connectivity index is 2.17. The van der Waals surface area contributed by atoms with Crippen molar-refractivity contribution in [1.82, 2.24) is 5.06 Å². The number of hydrogen-bond acceptors (Lipinski definition) is 2. The second-order valence-corrected chi connectivity index (χ2v) is 5.70. The third-order valence-electron chi connectivity index (χ3n) is 3.50. The number of hydroxylamine groups is 2. The second kappa shape index (κ2) is 3.91. The molecule has 2 nitrogen and oxygen atoms in total. The Hall–Kier alpha value is -0.340. The van der Waals surface area contributed by atoms with Gasteiger partial charge in [0.05, 0.1) is 5.54 Å². The van der Waals surface area contributed by atoms with Gasteiger partial charge in [-0.3, -0.25) is 4.84 Å². The molecule has 0 spiro atoms. The minimum Gasteiger partial charge on any atom is -0.290 e. The molecule has 0 aromatic carbocycles. The van der Waals surface area contributed by atoms with Crippen molar-refractivity contribution in [2.24, 2.45) is 5.92 Å². The van der Waals surface area contributed by atoms with Gasteiger partial charge in [0.2, 0.25) is 0 Å². The molecule has 1 heterocycles. The summed E-state index contributed by atoms with van der Waals surface area (Å²) < 4.78 is 0. The maximum atomic E-state index is 6.06. The van der Waals surface area contributed by atoms with E-state index in [1.165, 1.54) is 24.8 Å². The zero-order valence-electron chi connectivity index (χ0n) is 10.4. The lowest BCUT2D eigenvalue weighted by Crippen LogP contribution is -2.40. The largest absolute Gasteiger partial charge is 0.290 e. The number of fused-ring (bicyclic) bond motifs is 1. The van der Waals surface area contributed by atoms with Gasteiger partial charge in [0.25, 0.3) is 0 Å². The summed E-state index contributed by atoms with van der Waals surface area (Å²) in [5, 5.41) is 2.19. The van der Waals surface area contributed by atoms with Gasteiger partial charge in [-0.25, -0.2) is 0 Å². The number of allylic oxidation sites excluding steroid dienone is 1. The highest BCUT2D eigenvalue weighted by Crippen LogP contribution is 2.41. The van der Waals surface area contributed by atoms with Gasteiger partial charge in [0.15, 0.2) is 0 Å². The first-order valence-corrected chi connectivity index (χ1v) is 6.16. The van der Waals surface area contributed by atoms with Crippen LogP contribution in [-0.2, 0) is 4.84 Å². The molecule has 15 heavy (non-hydrogen) atoms. The van der Waals surface area contributed by atoms with E-state index >= 15 is 0 Å². The summed E-state index contributed by atoms with van der Waals surface area (Å²) in [5.41, 5.74) is 1.62. The Morgan fingerprint density at radius 1 is 1.53 bits per heavy atom. The molecule has 2 rings (SSSR count). The van der Waals surface area contributed by atoms with E-state index in [1.54, 1.807) is 0 Å². The maximum absolute atomic E-state index is 6.06. The Labute approximate surface area is 93.2 Å². The lowest BCUT2D eigenvalue weighted by Gasteiger charge is -2.31. The standard InChI is InChI=1S/C13H23NO/c1-10(2)9-14-13(3,4)11-7-5-6-8-12(11)15-14/h7,10,12H,5-6,8-9H2,1-4H3/t12-/m0/s1. The van der Waals surface area contributed by atoms with Crippen LogP contribution >= 0.6 is 0 Å². The first-order chi connectivity index (χ1) is 7.01. The highest BCUT2D eigenvalue weighted by Gasteiger charge is 2.44. The van der Waals surface area contributed by atoms with Gasteiger partial charge < -0.3 is 0 Å². The van der Waals surface area contributed by atoms with Crippen LogP contribution in [0.5, 0.6) is 0 Å².